The lowest BCUT2D eigenvalue weighted by atomic mass is 10.2. The second-order valence-electron chi connectivity index (χ2n) is 3.42. The standard InChI is InChI=1S/C11H11NO7/c1-18-10(13)4-5-19-9-3-2-7(12(16)17)6-8(9)11(14)15/h2-3,6H,4-5H2,1H3,(H,14,15). The van der Waals surface area contributed by atoms with Gasteiger partial charge in [-0.25, -0.2) is 4.79 Å². The van der Waals surface area contributed by atoms with E-state index in [0.717, 1.165) is 12.1 Å². The van der Waals surface area contributed by atoms with E-state index in [4.69, 9.17) is 9.84 Å². The maximum absolute atomic E-state index is 11.0. The number of aromatic carboxylic acids is 1. The summed E-state index contributed by atoms with van der Waals surface area (Å²) in [5, 5.41) is 19.5. The third-order valence-electron chi connectivity index (χ3n) is 2.20. The van der Waals surface area contributed by atoms with E-state index in [0.29, 0.717) is 0 Å². The van der Waals surface area contributed by atoms with Crippen molar-refractivity contribution in [3.63, 3.8) is 0 Å². The molecule has 0 aromatic heterocycles. The largest absolute Gasteiger partial charge is 0.492 e. The Kier molecular flexibility index (Phi) is 4.81. The van der Waals surface area contributed by atoms with Crippen LogP contribution in [-0.4, -0.2) is 35.7 Å². The molecule has 1 aromatic carbocycles. The van der Waals surface area contributed by atoms with Crippen LogP contribution in [0.15, 0.2) is 18.2 Å². The molecule has 0 saturated heterocycles. The van der Waals surface area contributed by atoms with Gasteiger partial charge in [-0.2, -0.15) is 0 Å². The summed E-state index contributed by atoms with van der Waals surface area (Å²) in [6, 6.07) is 3.20. The second-order valence-corrected chi connectivity index (χ2v) is 3.42. The predicted octanol–water partition coefficient (Wildman–Crippen LogP) is 1.23. The molecule has 1 rings (SSSR count). The van der Waals surface area contributed by atoms with Crippen molar-refractivity contribution in [3.05, 3.63) is 33.9 Å². The van der Waals surface area contributed by atoms with Gasteiger partial charge in [-0.3, -0.25) is 14.9 Å². The van der Waals surface area contributed by atoms with E-state index in [1.165, 1.54) is 13.2 Å². The van der Waals surface area contributed by atoms with E-state index in [1.807, 2.05) is 0 Å². The first-order valence-corrected chi connectivity index (χ1v) is 5.17. The molecule has 102 valence electrons. The fourth-order valence-corrected chi connectivity index (χ4v) is 1.27. The van der Waals surface area contributed by atoms with Crippen molar-refractivity contribution in [1.29, 1.82) is 0 Å². The summed E-state index contributed by atoms with van der Waals surface area (Å²) in [4.78, 5) is 31.6. The molecule has 0 amide bonds. The van der Waals surface area contributed by atoms with Gasteiger partial charge in [0.25, 0.3) is 5.69 Å². The Hall–Kier alpha value is -2.64. The molecule has 0 aliphatic heterocycles. The zero-order chi connectivity index (χ0) is 14.4. The number of hydrogen-bond donors (Lipinski definition) is 1. The molecule has 0 fully saturated rings. The monoisotopic (exact) mass is 269 g/mol. The molecule has 0 atom stereocenters. The van der Waals surface area contributed by atoms with E-state index in [-0.39, 0.29) is 30.0 Å². The van der Waals surface area contributed by atoms with E-state index in [1.54, 1.807) is 0 Å². The molecule has 19 heavy (non-hydrogen) atoms. The van der Waals surface area contributed by atoms with Crippen LogP contribution in [-0.2, 0) is 9.53 Å². The van der Waals surface area contributed by atoms with E-state index in [9.17, 15) is 19.7 Å². The molecule has 1 N–H and O–H groups in total. The molecule has 0 spiro atoms. The number of nitrogens with zero attached hydrogens (tertiary/aromatic N) is 1. The summed E-state index contributed by atoms with van der Waals surface area (Å²) in [5.74, 6) is -1.89. The number of benzene rings is 1. The van der Waals surface area contributed by atoms with Gasteiger partial charge in [0.05, 0.1) is 25.1 Å². The summed E-state index contributed by atoms with van der Waals surface area (Å²) < 4.78 is 9.49. The Balaban J connectivity index is 2.85. The van der Waals surface area contributed by atoms with E-state index in [2.05, 4.69) is 4.74 Å². The molecule has 0 radical (unpaired) electrons. The maximum atomic E-state index is 11.0. The Morgan fingerprint density at radius 3 is 2.63 bits per heavy atom. The number of methoxy groups -OCH3 is 1. The van der Waals surface area contributed by atoms with Crippen molar-refractivity contribution in [2.45, 2.75) is 6.42 Å². The zero-order valence-corrected chi connectivity index (χ0v) is 9.99. The van der Waals surface area contributed by atoms with Gasteiger partial charge < -0.3 is 14.6 Å². The number of carbonyl (C=O) groups is 2. The normalized spacial score (nSPS) is 9.74. The minimum atomic E-state index is -1.35. The summed E-state index contributed by atoms with van der Waals surface area (Å²) >= 11 is 0. The fourth-order valence-electron chi connectivity index (χ4n) is 1.27. The second kappa shape index (κ2) is 6.34. The fraction of sp³-hybridized carbons (Fsp3) is 0.273. The summed E-state index contributed by atoms with van der Waals surface area (Å²) in [7, 11) is 1.22. The Labute approximate surface area is 107 Å². The number of rotatable bonds is 6. The van der Waals surface area contributed by atoms with Crippen molar-refractivity contribution < 1.29 is 29.1 Å². The predicted molar refractivity (Wildman–Crippen MR) is 62.2 cm³/mol. The van der Waals surface area contributed by atoms with E-state index < -0.39 is 16.9 Å². The third kappa shape index (κ3) is 3.95. The Morgan fingerprint density at radius 2 is 2.11 bits per heavy atom. The first-order valence-electron chi connectivity index (χ1n) is 5.17. The van der Waals surface area contributed by atoms with Gasteiger partial charge in [0, 0.05) is 12.1 Å². The van der Waals surface area contributed by atoms with Gasteiger partial charge in [-0.05, 0) is 6.07 Å². The highest BCUT2D eigenvalue weighted by molar-refractivity contribution is 5.91. The highest BCUT2D eigenvalue weighted by atomic mass is 16.6. The third-order valence-corrected chi connectivity index (χ3v) is 2.20. The maximum Gasteiger partial charge on any atom is 0.339 e. The smallest absolute Gasteiger partial charge is 0.339 e. The molecule has 0 aliphatic rings. The van der Waals surface area contributed by atoms with Crippen molar-refractivity contribution in [2.75, 3.05) is 13.7 Å². The van der Waals surface area contributed by atoms with Gasteiger partial charge in [-0.1, -0.05) is 0 Å². The van der Waals surface area contributed by atoms with Crippen LogP contribution in [0.3, 0.4) is 0 Å². The Morgan fingerprint density at radius 1 is 1.42 bits per heavy atom. The minimum absolute atomic E-state index is 0.0398. The number of nitro groups is 1. The number of carboxylic acids is 1. The SMILES string of the molecule is COC(=O)CCOc1ccc([N+](=O)[O-])cc1C(=O)O. The van der Waals surface area contributed by atoms with Crippen molar-refractivity contribution in [1.82, 2.24) is 0 Å². The molecule has 0 saturated carbocycles. The average Bonchev–Trinajstić information content (AvgIpc) is 2.38. The van der Waals surface area contributed by atoms with Gasteiger partial charge in [-0.15, -0.1) is 0 Å². The van der Waals surface area contributed by atoms with Gasteiger partial charge >= 0.3 is 11.9 Å². The molecule has 0 heterocycles. The first kappa shape index (κ1) is 14.4. The molecule has 8 nitrogen and oxygen atoms in total. The van der Waals surface area contributed by atoms with Crippen LogP contribution < -0.4 is 4.74 Å². The van der Waals surface area contributed by atoms with Crippen molar-refractivity contribution >= 4 is 17.6 Å². The van der Waals surface area contributed by atoms with Crippen molar-refractivity contribution in [2.24, 2.45) is 0 Å². The number of ether oxygens (including phenoxy) is 2. The van der Waals surface area contributed by atoms with E-state index >= 15 is 0 Å². The van der Waals surface area contributed by atoms with Crippen molar-refractivity contribution in [3.8, 4) is 5.75 Å². The number of esters is 1. The number of hydrogen-bond acceptors (Lipinski definition) is 6. The molecule has 0 aliphatic carbocycles. The summed E-state index contributed by atoms with van der Waals surface area (Å²) in [6.07, 6.45) is -0.0491. The number of nitro benzene ring substituents is 1. The molecule has 0 bridgehead atoms. The molecule has 8 heteroatoms. The van der Waals surface area contributed by atoms with Crippen LogP contribution >= 0.6 is 0 Å². The van der Waals surface area contributed by atoms with Crippen LogP contribution in [0.4, 0.5) is 5.69 Å². The summed E-state index contributed by atoms with van der Waals surface area (Å²) in [5.41, 5.74) is -0.684. The van der Waals surface area contributed by atoms with Crippen LogP contribution in [0.25, 0.3) is 0 Å². The highest BCUT2D eigenvalue weighted by Gasteiger charge is 2.17. The lowest BCUT2D eigenvalue weighted by Gasteiger charge is -2.08. The number of carbonyl (C=O) groups excluding carboxylic acids is 1. The Bertz CT molecular complexity index is 512. The lowest BCUT2D eigenvalue weighted by Crippen LogP contribution is -2.10. The molecular formula is C11H11NO7. The van der Waals surface area contributed by atoms with Crippen LogP contribution in [0, 0.1) is 10.1 Å². The molecule has 1 aromatic rings. The molecular weight excluding hydrogens is 258 g/mol. The molecule has 0 unspecified atom stereocenters. The summed E-state index contributed by atoms with van der Waals surface area (Å²) in [6.45, 7) is -0.0786. The lowest BCUT2D eigenvalue weighted by molar-refractivity contribution is -0.384. The number of non-ortho nitro benzene ring substituents is 1. The quantitative estimate of drug-likeness (QED) is 0.469. The zero-order valence-electron chi connectivity index (χ0n) is 9.99. The number of carboxylic acid groups (broad SMARTS) is 1. The topological polar surface area (TPSA) is 116 Å². The van der Waals surface area contributed by atoms with Crippen LogP contribution in [0.1, 0.15) is 16.8 Å². The van der Waals surface area contributed by atoms with Gasteiger partial charge in [0.15, 0.2) is 0 Å². The average molecular weight is 269 g/mol. The van der Waals surface area contributed by atoms with Gasteiger partial charge in [0.2, 0.25) is 0 Å². The minimum Gasteiger partial charge on any atom is -0.492 e. The van der Waals surface area contributed by atoms with Crippen LogP contribution in [0.5, 0.6) is 5.75 Å². The first-order chi connectivity index (χ1) is 8.95. The van der Waals surface area contributed by atoms with Crippen LogP contribution in [0.2, 0.25) is 0 Å². The van der Waals surface area contributed by atoms with Gasteiger partial charge in [0.1, 0.15) is 11.3 Å². The highest BCUT2D eigenvalue weighted by Crippen LogP contribution is 2.24.